The Kier molecular flexibility index (Phi) is 10.8. The summed E-state index contributed by atoms with van der Waals surface area (Å²) >= 11 is 0. The van der Waals surface area contributed by atoms with E-state index in [0.29, 0.717) is 0 Å². The minimum absolute atomic E-state index is 0.0413. The van der Waals surface area contributed by atoms with Crippen molar-refractivity contribution in [1.82, 2.24) is 0 Å². The molecule has 1 heteroatoms. The maximum atomic E-state index is 10.8. The summed E-state index contributed by atoms with van der Waals surface area (Å²) in [5.74, 6) is 0.224. The molecule has 0 amide bonds. The summed E-state index contributed by atoms with van der Waals surface area (Å²) in [6.07, 6.45) is 19.5. The SMILES string of the molecule is C=C(/C=C(\C=C(/C)c1cccc(C2(C(=C)/C=C\C=C/C)C3=C(C=CCC3)c3ccccc32)c1)c1cc(C(C)(C)C)cc(C(C)(C)C)c1)c1ccccc1O. The van der Waals surface area contributed by atoms with Crippen molar-refractivity contribution in [2.75, 3.05) is 0 Å². The Bertz CT molecular complexity index is 2260. The molecule has 0 aliphatic heterocycles. The predicted molar refractivity (Wildman–Crippen MR) is 235 cm³/mol. The maximum Gasteiger partial charge on any atom is 0.123 e. The monoisotopic (exact) mass is 708 g/mol. The molecule has 0 spiro atoms. The highest BCUT2D eigenvalue weighted by Gasteiger charge is 2.47. The van der Waals surface area contributed by atoms with E-state index < -0.39 is 5.41 Å². The molecule has 4 aromatic carbocycles. The van der Waals surface area contributed by atoms with E-state index >= 15 is 0 Å². The number of hydrogen-bond donors (Lipinski definition) is 1. The summed E-state index contributed by atoms with van der Waals surface area (Å²) in [7, 11) is 0. The van der Waals surface area contributed by atoms with Gasteiger partial charge < -0.3 is 5.11 Å². The minimum Gasteiger partial charge on any atom is -0.507 e. The van der Waals surface area contributed by atoms with E-state index in [2.05, 4.69) is 170 Å². The molecule has 0 radical (unpaired) electrons. The van der Waals surface area contributed by atoms with Crippen LogP contribution < -0.4 is 0 Å². The molecule has 0 saturated heterocycles. The van der Waals surface area contributed by atoms with Gasteiger partial charge in [0.15, 0.2) is 0 Å². The third kappa shape index (κ3) is 7.38. The van der Waals surface area contributed by atoms with E-state index in [1.165, 1.54) is 39.0 Å². The zero-order valence-electron chi connectivity index (χ0n) is 33.6. The van der Waals surface area contributed by atoms with E-state index in [-0.39, 0.29) is 16.6 Å². The van der Waals surface area contributed by atoms with E-state index in [9.17, 15) is 5.11 Å². The van der Waals surface area contributed by atoms with Crippen molar-refractivity contribution in [3.8, 4) is 5.75 Å². The van der Waals surface area contributed by atoms with Crippen molar-refractivity contribution in [1.29, 1.82) is 0 Å². The fourth-order valence-corrected chi connectivity index (χ4v) is 8.00. The van der Waals surface area contributed by atoms with Gasteiger partial charge in [0.1, 0.15) is 5.75 Å². The van der Waals surface area contributed by atoms with Crippen LogP contribution in [0.3, 0.4) is 0 Å². The van der Waals surface area contributed by atoms with Gasteiger partial charge in [0, 0.05) is 5.56 Å². The van der Waals surface area contributed by atoms with Crippen molar-refractivity contribution in [3.63, 3.8) is 0 Å². The average Bonchev–Trinajstić information content (AvgIpc) is 3.45. The lowest BCUT2D eigenvalue weighted by atomic mass is 9.65. The molecular weight excluding hydrogens is 653 g/mol. The second kappa shape index (κ2) is 15.2. The Hall–Kier alpha value is -5.40. The molecule has 274 valence electrons. The molecule has 2 aliphatic rings. The van der Waals surface area contributed by atoms with E-state index in [0.717, 1.165) is 51.8 Å². The Morgan fingerprint density at radius 3 is 2.13 bits per heavy atom. The molecule has 0 fully saturated rings. The number of phenolic OH excluding ortho intramolecular Hbond substituents is 1. The van der Waals surface area contributed by atoms with E-state index in [1.54, 1.807) is 6.07 Å². The molecule has 4 aromatic rings. The van der Waals surface area contributed by atoms with Crippen LogP contribution in [0.2, 0.25) is 0 Å². The van der Waals surface area contributed by atoms with Crippen LogP contribution in [0.5, 0.6) is 5.75 Å². The zero-order chi connectivity index (χ0) is 38.8. The Labute approximate surface area is 324 Å². The molecule has 6 rings (SSSR count). The second-order valence-corrected chi connectivity index (χ2v) is 16.9. The largest absolute Gasteiger partial charge is 0.507 e. The van der Waals surface area contributed by atoms with Crippen LogP contribution in [-0.4, -0.2) is 5.11 Å². The number of aromatic hydroxyl groups is 1. The minimum atomic E-state index is -0.481. The summed E-state index contributed by atoms with van der Waals surface area (Å²) in [6, 6.07) is 32.4. The third-order valence-corrected chi connectivity index (χ3v) is 11.0. The van der Waals surface area contributed by atoms with Crippen molar-refractivity contribution in [2.45, 2.75) is 84.5 Å². The van der Waals surface area contributed by atoms with Gasteiger partial charge in [0.25, 0.3) is 0 Å². The zero-order valence-corrected chi connectivity index (χ0v) is 33.6. The fraction of sp³-hybridized carbons (Fsp3) is 0.245. The van der Waals surface area contributed by atoms with Gasteiger partial charge in [-0.2, -0.15) is 0 Å². The molecule has 1 atom stereocenters. The van der Waals surface area contributed by atoms with Gasteiger partial charge in [0.05, 0.1) is 5.41 Å². The molecule has 0 saturated carbocycles. The van der Waals surface area contributed by atoms with Crippen LogP contribution in [0.15, 0.2) is 164 Å². The van der Waals surface area contributed by atoms with Crippen molar-refractivity contribution >= 4 is 22.3 Å². The van der Waals surface area contributed by atoms with Gasteiger partial charge in [0.2, 0.25) is 0 Å². The standard InChI is InChI=1S/C53H56O/c1-11-12-13-21-38(4)53(48-27-17-14-25-46(48)47-26-15-18-28-49(47)53)42-23-20-22-39(32-42)36(2)30-40(31-37(3)45-24-16-19-29-50(45)54)41-33-43(51(5,6)7)35-44(34-41)52(8,9)10/h11-17,19-27,29-35,54H,3-4,18,28H2,1-2,5-10H3/b12-11-,21-13-,36-30+,40-31+. The molecule has 0 aromatic heterocycles. The first kappa shape index (κ1) is 38.3. The summed E-state index contributed by atoms with van der Waals surface area (Å²) in [6.45, 7) is 27.2. The van der Waals surface area contributed by atoms with Gasteiger partial charge in [-0.25, -0.2) is 0 Å². The lowest BCUT2D eigenvalue weighted by Gasteiger charge is -2.37. The molecule has 0 heterocycles. The molecule has 1 N–H and O–H groups in total. The number of hydrogen-bond acceptors (Lipinski definition) is 1. The van der Waals surface area contributed by atoms with Crippen LogP contribution in [0.4, 0.5) is 0 Å². The lowest BCUT2D eigenvalue weighted by molar-refractivity contribution is 0.474. The van der Waals surface area contributed by atoms with Gasteiger partial charge in [-0.3, -0.25) is 0 Å². The van der Waals surface area contributed by atoms with Crippen LogP contribution in [-0.2, 0) is 16.2 Å². The number of allylic oxidation sites excluding steroid dienone is 14. The van der Waals surface area contributed by atoms with Gasteiger partial charge >= 0.3 is 0 Å². The normalized spacial score (nSPS) is 17.7. The first-order valence-electron chi connectivity index (χ1n) is 19.3. The third-order valence-electron chi connectivity index (χ3n) is 11.0. The van der Waals surface area contributed by atoms with Crippen molar-refractivity contribution < 1.29 is 5.11 Å². The van der Waals surface area contributed by atoms with Crippen molar-refractivity contribution in [3.05, 3.63) is 208 Å². The highest BCUT2D eigenvalue weighted by Crippen LogP contribution is 2.57. The van der Waals surface area contributed by atoms with Gasteiger partial charge in [-0.15, -0.1) is 0 Å². The average molecular weight is 709 g/mol. The Morgan fingerprint density at radius 2 is 1.44 bits per heavy atom. The summed E-state index contributed by atoms with van der Waals surface area (Å²) < 4.78 is 0. The Balaban J connectivity index is 1.56. The summed E-state index contributed by atoms with van der Waals surface area (Å²) in [5.41, 5.74) is 15.6. The molecule has 54 heavy (non-hydrogen) atoms. The predicted octanol–water partition coefficient (Wildman–Crippen LogP) is 14.3. The van der Waals surface area contributed by atoms with Crippen LogP contribution in [0.1, 0.15) is 113 Å². The maximum absolute atomic E-state index is 10.8. The quantitative estimate of drug-likeness (QED) is 0.172. The highest BCUT2D eigenvalue weighted by atomic mass is 16.3. The summed E-state index contributed by atoms with van der Waals surface area (Å²) in [4.78, 5) is 0. The smallest absolute Gasteiger partial charge is 0.123 e. The van der Waals surface area contributed by atoms with E-state index in [1.807, 2.05) is 25.1 Å². The Morgan fingerprint density at radius 1 is 0.759 bits per heavy atom. The molecule has 1 unspecified atom stereocenters. The number of fused-ring (bicyclic) bond motifs is 2. The molecule has 0 bridgehead atoms. The molecule has 1 nitrogen and oxygen atoms in total. The van der Waals surface area contributed by atoms with E-state index in [4.69, 9.17) is 6.58 Å². The second-order valence-electron chi connectivity index (χ2n) is 16.9. The molecular formula is C53H56O. The van der Waals surface area contributed by atoms with Gasteiger partial charge in [-0.1, -0.05) is 176 Å². The van der Waals surface area contributed by atoms with Crippen LogP contribution >= 0.6 is 0 Å². The lowest BCUT2D eigenvalue weighted by Crippen LogP contribution is -2.30. The topological polar surface area (TPSA) is 20.2 Å². The number of phenols is 1. The fourth-order valence-electron chi connectivity index (χ4n) is 8.00. The van der Waals surface area contributed by atoms with Gasteiger partial charge in [-0.05, 0) is 128 Å². The van der Waals surface area contributed by atoms with Crippen LogP contribution in [0.25, 0.3) is 22.3 Å². The number of para-hydroxylation sites is 1. The molecule has 2 aliphatic carbocycles. The first-order valence-corrected chi connectivity index (χ1v) is 19.3. The highest BCUT2D eigenvalue weighted by molar-refractivity contribution is 5.93. The summed E-state index contributed by atoms with van der Waals surface area (Å²) in [5, 5.41) is 10.8. The number of rotatable bonds is 9. The number of benzene rings is 4. The first-order chi connectivity index (χ1) is 25.7. The van der Waals surface area contributed by atoms with Crippen LogP contribution in [0, 0.1) is 0 Å². The van der Waals surface area contributed by atoms with Crippen molar-refractivity contribution in [2.24, 2.45) is 0 Å².